The van der Waals surface area contributed by atoms with Gasteiger partial charge in [0.05, 0.1) is 16.1 Å². The van der Waals surface area contributed by atoms with E-state index >= 15 is 0 Å². The third kappa shape index (κ3) is 6.14. The van der Waals surface area contributed by atoms with Gasteiger partial charge in [0.1, 0.15) is 5.75 Å². The Labute approximate surface area is 125 Å². The van der Waals surface area contributed by atoms with Crippen molar-refractivity contribution in [3.63, 3.8) is 0 Å². The summed E-state index contributed by atoms with van der Waals surface area (Å²) in [6, 6.07) is 5.39. The molecule has 104 valence electrons. The number of rotatable bonds is 7. The van der Waals surface area contributed by atoms with Crippen LogP contribution < -0.4 is 10.1 Å². The minimum absolute atomic E-state index is 0. The van der Waals surface area contributed by atoms with Crippen molar-refractivity contribution in [3.8, 4) is 5.75 Å². The van der Waals surface area contributed by atoms with Crippen LogP contribution in [0.1, 0.15) is 26.2 Å². The molecule has 1 aromatic carbocycles. The van der Waals surface area contributed by atoms with Gasteiger partial charge in [-0.3, -0.25) is 0 Å². The zero-order valence-corrected chi connectivity index (χ0v) is 13.0. The Hall–Kier alpha value is -0.150. The first-order chi connectivity index (χ1) is 8.17. The molecule has 0 aromatic heterocycles. The van der Waals surface area contributed by atoms with Gasteiger partial charge in [0.25, 0.3) is 0 Å². The summed E-state index contributed by atoms with van der Waals surface area (Å²) in [7, 11) is 1.95. The first-order valence-corrected chi connectivity index (χ1v) is 6.69. The molecule has 1 unspecified atom stereocenters. The van der Waals surface area contributed by atoms with Crippen molar-refractivity contribution in [2.24, 2.45) is 0 Å². The van der Waals surface area contributed by atoms with Crippen LogP contribution in [-0.4, -0.2) is 19.7 Å². The van der Waals surface area contributed by atoms with Crippen LogP contribution in [0.5, 0.6) is 5.75 Å². The lowest BCUT2D eigenvalue weighted by Gasteiger charge is -2.18. The Bertz CT molecular complexity index is 347. The zero-order chi connectivity index (χ0) is 12.7. The fraction of sp³-hybridized carbons (Fsp3) is 0.538. The largest absolute Gasteiger partial charge is 0.490 e. The molecule has 1 atom stereocenters. The third-order valence-electron chi connectivity index (χ3n) is 2.52. The Morgan fingerprint density at radius 2 is 1.94 bits per heavy atom. The van der Waals surface area contributed by atoms with Crippen LogP contribution in [0.2, 0.25) is 10.0 Å². The van der Waals surface area contributed by atoms with Gasteiger partial charge >= 0.3 is 0 Å². The highest BCUT2D eigenvalue weighted by atomic mass is 35.5. The highest BCUT2D eigenvalue weighted by Gasteiger charge is 2.10. The molecule has 0 saturated heterocycles. The summed E-state index contributed by atoms with van der Waals surface area (Å²) in [5.41, 5.74) is 0. The van der Waals surface area contributed by atoms with Gasteiger partial charge in [0, 0.05) is 6.07 Å². The van der Waals surface area contributed by atoms with E-state index in [1.165, 1.54) is 0 Å². The Balaban J connectivity index is 0.00000289. The van der Waals surface area contributed by atoms with Gasteiger partial charge in [-0.05, 0) is 38.6 Å². The van der Waals surface area contributed by atoms with E-state index in [0.717, 1.165) is 31.6 Å². The van der Waals surface area contributed by atoms with Crippen molar-refractivity contribution < 1.29 is 4.74 Å². The average molecular weight is 313 g/mol. The molecule has 0 radical (unpaired) electrons. The molecular weight excluding hydrogens is 293 g/mol. The lowest BCUT2D eigenvalue weighted by Crippen LogP contribution is -2.22. The van der Waals surface area contributed by atoms with Crippen LogP contribution in [-0.2, 0) is 0 Å². The Morgan fingerprint density at radius 3 is 2.50 bits per heavy atom. The van der Waals surface area contributed by atoms with Crippen molar-refractivity contribution in [1.82, 2.24) is 5.32 Å². The first kappa shape index (κ1) is 17.8. The summed E-state index contributed by atoms with van der Waals surface area (Å²) < 4.78 is 5.91. The lowest BCUT2D eigenvalue weighted by molar-refractivity contribution is 0.180. The fourth-order valence-corrected chi connectivity index (χ4v) is 1.92. The Kier molecular flexibility index (Phi) is 9.66. The van der Waals surface area contributed by atoms with Gasteiger partial charge in [0.2, 0.25) is 0 Å². The minimum atomic E-state index is 0. The molecule has 0 heterocycles. The summed E-state index contributed by atoms with van der Waals surface area (Å²) in [5.74, 6) is 0.786. The number of benzene rings is 1. The van der Waals surface area contributed by atoms with E-state index in [0.29, 0.717) is 10.0 Å². The van der Waals surface area contributed by atoms with E-state index in [2.05, 4.69) is 12.2 Å². The number of nitrogens with one attached hydrogen (secondary N) is 1. The molecule has 0 aliphatic heterocycles. The summed E-state index contributed by atoms with van der Waals surface area (Å²) in [6.07, 6.45) is 3.37. The van der Waals surface area contributed by atoms with Gasteiger partial charge in [-0.15, -0.1) is 12.4 Å². The SMILES string of the molecule is CCCC(CCNC)Oc1ccc(Cl)c(Cl)c1.Cl. The molecule has 0 aliphatic rings. The van der Waals surface area contributed by atoms with Gasteiger partial charge < -0.3 is 10.1 Å². The maximum atomic E-state index is 5.95. The normalized spacial score (nSPS) is 11.8. The van der Waals surface area contributed by atoms with E-state index in [4.69, 9.17) is 27.9 Å². The van der Waals surface area contributed by atoms with Crippen molar-refractivity contribution >= 4 is 35.6 Å². The summed E-state index contributed by atoms with van der Waals surface area (Å²) in [5, 5.41) is 4.23. The van der Waals surface area contributed by atoms with Crippen LogP contribution in [0.3, 0.4) is 0 Å². The highest BCUT2D eigenvalue weighted by molar-refractivity contribution is 6.42. The van der Waals surface area contributed by atoms with E-state index in [9.17, 15) is 0 Å². The molecule has 0 bridgehead atoms. The standard InChI is InChI=1S/C13H19Cl2NO.ClH/c1-3-4-10(7-8-16-2)17-11-5-6-12(14)13(15)9-11;/h5-6,9-10,16H,3-4,7-8H2,1-2H3;1H. The fourth-order valence-electron chi connectivity index (χ4n) is 1.63. The second-order valence-electron chi connectivity index (χ2n) is 4.00. The quantitative estimate of drug-likeness (QED) is 0.796. The number of ether oxygens (including phenoxy) is 1. The molecule has 18 heavy (non-hydrogen) atoms. The van der Waals surface area contributed by atoms with E-state index < -0.39 is 0 Å². The summed E-state index contributed by atoms with van der Waals surface area (Å²) in [6.45, 7) is 3.11. The van der Waals surface area contributed by atoms with Crippen LogP contribution in [0.4, 0.5) is 0 Å². The average Bonchev–Trinajstić information content (AvgIpc) is 2.31. The van der Waals surface area contributed by atoms with E-state index in [1.54, 1.807) is 12.1 Å². The highest BCUT2D eigenvalue weighted by Crippen LogP contribution is 2.27. The van der Waals surface area contributed by atoms with Gasteiger partial charge in [-0.2, -0.15) is 0 Å². The Morgan fingerprint density at radius 1 is 1.22 bits per heavy atom. The maximum absolute atomic E-state index is 5.95. The van der Waals surface area contributed by atoms with E-state index in [-0.39, 0.29) is 18.5 Å². The van der Waals surface area contributed by atoms with Crippen molar-refractivity contribution in [1.29, 1.82) is 0 Å². The van der Waals surface area contributed by atoms with Crippen molar-refractivity contribution in [3.05, 3.63) is 28.2 Å². The molecule has 0 amide bonds. The van der Waals surface area contributed by atoms with Crippen molar-refractivity contribution in [2.75, 3.05) is 13.6 Å². The molecule has 1 aromatic rings. The second-order valence-corrected chi connectivity index (χ2v) is 4.81. The first-order valence-electron chi connectivity index (χ1n) is 5.93. The molecular formula is C13H20Cl3NO. The molecule has 2 nitrogen and oxygen atoms in total. The van der Waals surface area contributed by atoms with E-state index in [1.807, 2.05) is 13.1 Å². The molecule has 0 fully saturated rings. The molecule has 0 aliphatic carbocycles. The maximum Gasteiger partial charge on any atom is 0.121 e. The second kappa shape index (κ2) is 9.74. The molecule has 5 heteroatoms. The lowest BCUT2D eigenvalue weighted by atomic mass is 10.1. The number of hydrogen-bond acceptors (Lipinski definition) is 2. The van der Waals surface area contributed by atoms with Gasteiger partial charge in [-0.1, -0.05) is 36.5 Å². The molecule has 1 rings (SSSR count). The molecule has 1 N–H and O–H groups in total. The molecule has 0 spiro atoms. The van der Waals surface area contributed by atoms with Crippen LogP contribution in [0.15, 0.2) is 18.2 Å². The van der Waals surface area contributed by atoms with Crippen LogP contribution in [0, 0.1) is 0 Å². The monoisotopic (exact) mass is 311 g/mol. The topological polar surface area (TPSA) is 21.3 Å². The predicted octanol–water partition coefficient (Wildman–Crippen LogP) is 4.57. The van der Waals surface area contributed by atoms with Gasteiger partial charge in [0.15, 0.2) is 0 Å². The van der Waals surface area contributed by atoms with Gasteiger partial charge in [-0.25, -0.2) is 0 Å². The number of hydrogen-bond donors (Lipinski definition) is 1. The zero-order valence-electron chi connectivity index (χ0n) is 10.7. The smallest absolute Gasteiger partial charge is 0.121 e. The molecule has 0 saturated carbocycles. The predicted molar refractivity (Wildman–Crippen MR) is 81.6 cm³/mol. The minimum Gasteiger partial charge on any atom is -0.490 e. The van der Waals surface area contributed by atoms with Crippen LogP contribution in [0.25, 0.3) is 0 Å². The summed E-state index contributed by atoms with van der Waals surface area (Å²) in [4.78, 5) is 0. The van der Waals surface area contributed by atoms with Crippen LogP contribution >= 0.6 is 35.6 Å². The third-order valence-corrected chi connectivity index (χ3v) is 3.26. The number of halogens is 3. The van der Waals surface area contributed by atoms with Crippen molar-refractivity contribution in [2.45, 2.75) is 32.3 Å². The summed E-state index contributed by atoms with van der Waals surface area (Å²) >= 11 is 11.8.